The molecule has 0 heterocycles. The van der Waals surface area contributed by atoms with E-state index in [4.69, 9.17) is 5.11 Å². The number of carboxylic acid groups (broad SMARTS) is 1. The lowest BCUT2D eigenvalue weighted by atomic mass is 10.0. The van der Waals surface area contributed by atoms with Crippen LogP contribution in [0.2, 0.25) is 0 Å². The average molecular weight is 386 g/mol. The van der Waals surface area contributed by atoms with Crippen molar-refractivity contribution in [1.82, 2.24) is 0 Å². The number of hydrogen-bond acceptors (Lipinski definition) is 2. The van der Waals surface area contributed by atoms with E-state index in [1.807, 2.05) is 13.0 Å². The summed E-state index contributed by atoms with van der Waals surface area (Å²) in [7, 11) is -4.68. The van der Waals surface area contributed by atoms with Gasteiger partial charge in [0.05, 0.1) is 0 Å². The van der Waals surface area contributed by atoms with Crippen LogP contribution in [0.3, 0.4) is 0 Å². The summed E-state index contributed by atoms with van der Waals surface area (Å²) >= 11 is 0. The van der Waals surface area contributed by atoms with Crippen LogP contribution in [-0.2, 0) is 9.36 Å². The topological polar surface area (TPSA) is 94.8 Å². The van der Waals surface area contributed by atoms with Crippen LogP contribution in [0.1, 0.15) is 79.6 Å². The van der Waals surface area contributed by atoms with E-state index in [1.165, 1.54) is 16.7 Å². The van der Waals surface area contributed by atoms with E-state index in [1.54, 1.807) is 0 Å². The van der Waals surface area contributed by atoms with Crippen molar-refractivity contribution in [1.29, 1.82) is 0 Å². The van der Waals surface area contributed by atoms with Crippen molar-refractivity contribution in [2.75, 3.05) is 0 Å². The lowest BCUT2D eigenvalue weighted by Crippen LogP contribution is -2.34. The quantitative estimate of drug-likeness (QED) is 0.231. The van der Waals surface area contributed by atoms with E-state index < -0.39 is 18.7 Å². The molecule has 0 aromatic carbocycles. The minimum Gasteiger partial charge on any atom is -0.480 e. The zero-order valence-corrected chi connectivity index (χ0v) is 17.7. The highest BCUT2D eigenvalue weighted by Crippen LogP contribution is 2.53. The highest BCUT2D eigenvalue weighted by molar-refractivity contribution is 7.54. The summed E-state index contributed by atoms with van der Waals surface area (Å²) < 4.78 is 11.4. The third-order valence-corrected chi connectivity index (χ3v) is 6.29. The highest BCUT2D eigenvalue weighted by atomic mass is 31.2. The van der Waals surface area contributed by atoms with Gasteiger partial charge in [-0.3, -0.25) is 9.36 Å². The Balaban J connectivity index is 4.32. The third kappa shape index (κ3) is 9.51. The second kappa shape index (κ2) is 11.5. The van der Waals surface area contributed by atoms with E-state index in [-0.39, 0.29) is 6.42 Å². The molecule has 0 spiro atoms. The first-order valence-corrected chi connectivity index (χ1v) is 10.7. The van der Waals surface area contributed by atoms with Gasteiger partial charge in [0, 0.05) is 0 Å². The van der Waals surface area contributed by atoms with Gasteiger partial charge in [-0.2, -0.15) is 0 Å². The Kier molecular flexibility index (Phi) is 11.0. The number of aliphatic carboxylic acids is 1. The van der Waals surface area contributed by atoms with Gasteiger partial charge in [-0.15, -0.1) is 0 Å². The van der Waals surface area contributed by atoms with Crippen LogP contribution in [0.25, 0.3) is 0 Å². The summed E-state index contributed by atoms with van der Waals surface area (Å²) in [6, 6.07) is 0. The van der Waals surface area contributed by atoms with Gasteiger partial charge >= 0.3 is 13.6 Å². The zero-order valence-electron chi connectivity index (χ0n) is 16.8. The fourth-order valence-electron chi connectivity index (χ4n) is 2.51. The molecule has 0 saturated carbocycles. The molecule has 0 bridgehead atoms. The summed E-state index contributed by atoms with van der Waals surface area (Å²) in [4.78, 5) is 29.8. The van der Waals surface area contributed by atoms with Gasteiger partial charge in [0.1, 0.15) is 0 Å². The maximum Gasteiger partial charge on any atom is 0.342 e. The number of rotatable bonds is 12. The molecule has 0 amide bonds. The first kappa shape index (κ1) is 24.8. The molecule has 0 aromatic heterocycles. The summed E-state index contributed by atoms with van der Waals surface area (Å²) in [5, 5.41) is 7.12. The number of allylic oxidation sites excluding steroid dienone is 6. The van der Waals surface area contributed by atoms with Crippen molar-refractivity contribution in [2.45, 2.75) is 84.7 Å². The van der Waals surface area contributed by atoms with Crippen molar-refractivity contribution in [3.63, 3.8) is 0 Å². The minimum absolute atomic E-state index is 0.0419. The first-order valence-electron chi connectivity index (χ1n) is 9.14. The van der Waals surface area contributed by atoms with Gasteiger partial charge in [-0.05, 0) is 79.6 Å². The molecule has 26 heavy (non-hydrogen) atoms. The van der Waals surface area contributed by atoms with Gasteiger partial charge in [-0.25, -0.2) is 0 Å². The van der Waals surface area contributed by atoms with Crippen molar-refractivity contribution < 1.29 is 24.3 Å². The Hall–Kier alpha value is -1.16. The van der Waals surface area contributed by atoms with Gasteiger partial charge in [-0.1, -0.05) is 34.9 Å². The van der Waals surface area contributed by atoms with Crippen LogP contribution in [0, 0.1) is 0 Å². The molecule has 0 saturated heterocycles. The van der Waals surface area contributed by atoms with Gasteiger partial charge < -0.3 is 14.9 Å². The van der Waals surface area contributed by atoms with E-state index in [0.717, 1.165) is 32.6 Å². The Morgan fingerprint density at radius 3 is 1.81 bits per heavy atom. The SMILES string of the molecule is CC(C)=CCC/C(C)=C/CC/C(C)=C/CCCC(C)(C(=O)O)P(=O)(O)O. The van der Waals surface area contributed by atoms with E-state index in [2.05, 4.69) is 32.9 Å². The Bertz CT molecular complexity index is 593. The molecule has 1 atom stereocenters. The lowest BCUT2D eigenvalue weighted by molar-refractivity contribution is -0.140. The molecule has 6 heteroatoms. The fraction of sp³-hybridized carbons (Fsp3) is 0.650. The third-order valence-electron chi connectivity index (χ3n) is 4.59. The molecule has 0 aliphatic rings. The Labute approximate surface area is 158 Å². The van der Waals surface area contributed by atoms with Crippen LogP contribution < -0.4 is 0 Å². The van der Waals surface area contributed by atoms with Crippen LogP contribution in [0.5, 0.6) is 0 Å². The average Bonchev–Trinajstić information content (AvgIpc) is 2.49. The summed E-state index contributed by atoms with van der Waals surface area (Å²) in [5.74, 6) is -1.44. The highest BCUT2D eigenvalue weighted by Gasteiger charge is 2.48. The number of carbonyl (C=O) groups is 1. The molecule has 0 aliphatic carbocycles. The number of hydrogen-bond donors (Lipinski definition) is 3. The molecule has 3 N–H and O–H groups in total. The fourth-order valence-corrected chi connectivity index (χ4v) is 3.21. The predicted molar refractivity (Wildman–Crippen MR) is 107 cm³/mol. The van der Waals surface area contributed by atoms with Gasteiger partial charge in [0.25, 0.3) is 0 Å². The van der Waals surface area contributed by atoms with E-state index in [9.17, 15) is 19.1 Å². The second-order valence-electron chi connectivity index (χ2n) is 7.48. The molecule has 0 radical (unpaired) electrons. The van der Waals surface area contributed by atoms with E-state index in [0.29, 0.717) is 12.8 Å². The monoisotopic (exact) mass is 386 g/mol. The Morgan fingerprint density at radius 2 is 1.38 bits per heavy atom. The summed E-state index contributed by atoms with van der Waals surface area (Å²) in [6.45, 7) is 9.51. The lowest BCUT2D eigenvalue weighted by Gasteiger charge is -2.25. The largest absolute Gasteiger partial charge is 0.480 e. The van der Waals surface area contributed by atoms with Crippen LogP contribution in [0.15, 0.2) is 34.9 Å². The number of carboxylic acids is 1. The molecule has 150 valence electrons. The Morgan fingerprint density at radius 1 is 0.923 bits per heavy atom. The summed E-state index contributed by atoms with van der Waals surface area (Å²) in [5.41, 5.74) is 3.94. The second-order valence-corrected chi connectivity index (χ2v) is 9.55. The van der Waals surface area contributed by atoms with Crippen LogP contribution in [0.4, 0.5) is 0 Å². The van der Waals surface area contributed by atoms with Crippen molar-refractivity contribution in [2.24, 2.45) is 0 Å². The van der Waals surface area contributed by atoms with E-state index >= 15 is 0 Å². The van der Waals surface area contributed by atoms with Crippen molar-refractivity contribution in [3.8, 4) is 0 Å². The smallest absolute Gasteiger partial charge is 0.342 e. The van der Waals surface area contributed by atoms with Crippen molar-refractivity contribution >= 4 is 13.6 Å². The van der Waals surface area contributed by atoms with Gasteiger partial charge in [0.2, 0.25) is 0 Å². The first-order chi connectivity index (χ1) is 11.9. The normalized spacial score (nSPS) is 15.5. The van der Waals surface area contributed by atoms with Gasteiger partial charge in [0.15, 0.2) is 5.16 Å². The molecular weight excluding hydrogens is 351 g/mol. The molecule has 0 aliphatic heterocycles. The standard InChI is InChI=1S/C20H35O5P/c1-16(2)10-8-12-18(4)14-9-13-17(3)11-6-7-15-20(5,19(21)22)26(23,24)25/h10-11,14H,6-9,12-13,15H2,1-5H3,(H,21,22)(H2,23,24,25)/b17-11+,18-14+. The number of unbranched alkanes of at least 4 members (excludes halogenated alkanes) is 1. The zero-order chi connectivity index (χ0) is 20.4. The maximum atomic E-state index is 11.4. The molecule has 1 unspecified atom stereocenters. The summed E-state index contributed by atoms with van der Waals surface area (Å²) in [6.07, 6.45) is 11.6. The molecule has 0 aromatic rings. The minimum atomic E-state index is -4.68. The maximum absolute atomic E-state index is 11.4. The molecule has 5 nitrogen and oxygen atoms in total. The van der Waals surface area contributed by atoms with Crippen LogP contribution in [-0.4, -0.2) is 26.0 Å². The molecular formula is C20H35O5P. The van der Waals surface area contributed by atoms with Crippen molar-refractivity contribution in [3.05, 3.63) is 34.9 Å². The molecule has 0 rings (SSSR count). The molecule has 0 fully saturated rings. The predicted octanol–water partition coefficient (Wildman–Crippen LogP) is 5.60. The van der Waals surface area contributed by atoms with Crippen LogP contribution >= 0.6 is 7.60 Å².